The smallest absolute Gasteiger partial charge is 0.220 e. The molecular formula is C16H27N3OS. The van der Waals surface area contributed by atoms with Crippen molar-refractivity contribution >= 4 is 17.2 Å². The Morgan fingerprint density at radius 3 is 2.76 bits per heavy atom. The maximum absolute atomic E-state index is 11.9. The van der Waals surface area contributed by atoms with Crippen molar-refractivity contribution in [2.75, 3.05) is 19.6 Å². The van der Waals surface area contributed by atoms with Crippen LogP contribution in [0.2, 0.25) is 0 Å². The molecule has 0 spiro atoms. The summed E-state index contributed by atoms with van der Waals surface area (Å²) >= 11 is 1.71. The third-order valence-electron chi connectivity index (χ3n) is 4.01. The molecule has 0 bridgehead atoms. The summed E-state index contributed by atoms with van der Waals surface area (Å²) in [5.74, 6) is 0.165. The number of piperidine rings is 1. The summed E-state index contributed by atoms with van der Waals surface area (Å²) in [7, 11) is 0. The standard InChI is InChI=1S/C16H27N3OS/c1-3-16-18-13(2)14(21-16)12-17-15(20)8-7-11-19-9-5-4-6-10-19/h3-12H2,1-2H3,(H,17,20). The van der Waals surface area contributed by atoms with Crippen molar-refractivity contribution in [3.8, 4) is 0 Å². The molecule has 1 N–H and O–H groups in total. The first-order valence-corrected chi connectivity index (χ1v) is 8.95. The van der Waals surface area contributed by atoms with E-state index in [4.69, 9.17) is 0 Å². The molecule has 118 valence electrons. The van der Waals surface area contributed by atoms with Gasteiger partial charge < -0.3 is 10.2 Å². The molecule has 2 heterocycles. The molecule has 0 atom stereocenters. The SMILES string of the molecule is CCc1nc(C)c(CNC(=O)CCCN2CCCCC2)s1. The average Bonchev–Trinajstić information content (AvgIpc) is 2.87. The fourth-order valence-electron chi connectivity index (χ4n) is 2.72. The van der Waals surface area contributed by atoms with Crippen molar-refractivity contribution in [1.29, 1.82) is 0 Å². The Morgan fingerprint density at radius 1 is 1.33 bits per heavy atom. The summed E-state index contributed by atoms with van der Waals surface area (Å²) in [5, 5.41) is 4.18. The Kier molecular flexibility index (Phi) is 6.64. The Labute approximate surface area is 132 Å². The number of carbonyl (C=O) groups is 1. The molecule has 1 saturated heterocycles. The van der Waals surface area contributed by atoms with Gasteiger partial charge in [0.2, 0.25) is 5.91 Å². The van der Waals surface area contributed by atoms with Crippen LogP contribution >= 0.6 is 11.3 Å². The highest BCUT2D eigenvalue weighted by Crippen LogP contribution is 2.18. The third-order valence-corrected chi connectivity index (χ3v) is 5.31. The zero-order valence-electron chi connectivity index (χ0n) is 13.3. The number of nitrogens with one attached hydrogen (secondary N) is 1. The Morgan fingerprint density at radius 2 is 2.10 bits per heavy atom. The summed E-state index contributed by atoms with van der Waals surface area (Å²) in [6.07, 6.45) is 6.57. The lowest BCUT2D eigenvalue weighted by Crippen LogP contribution is -2.31. The van der Waals surface area contributed by atoms with E-state index < -0.39 is 0 Å². The van der Waals surface area contributed by atoms with Crippen molar-refractivity contribution in [3.63, 3.8) is 0 Å². The molecule has 1 fully saturated rings. The quantitative estimate of drug-likeness (QED) is 0.842. The number of amides is 1. The van der Waals surface area contributed by atoms with Crippen LogP contribution in [0, 0.1) is 6.92 Å². The second-order valence-corrected chi connectivity index (χ2v) is 6.92. The molecule has 2 rings (SSSR count). The van der Waals surface area contributed by atoms with Crippen LogP contribution < -0.4 is 5.32 Å². The van der Waals surface area contributed by atoms with E-state index in [1.165, 1.54) is 37.2 Å². The van der Waals surface area contributed by atoms with Gasteiger partial charge in [0, 0.05) is 11.3 Å². The van der Waals surface area contributed by atoms with Crippen molar-refractivity contribution in [1.82, 2.24) is 15.2 Å². The van der Waals surface area contributed by atoms with Crippen molar-refractivity contribution in [2.24, 2.45) is 0 Å². The first kappa shape index (κ1) is 16.4. The van der Waals surface area contributed by atoms with Gasteiger partial charge in [-0.2, -0.15) is 0 Å². The van der Waals surface area contributed by atoms with Crippen molar-refractivity contribution in [2.45, 2.75) is 58.9 Å². The maximum Gasteiger partial charge on any atom is 0.220 e. The number of likely N-dealkylation sites (tertiary alicyclic amines) is 1. The van der Waals surface area contributed by atoms with Gasteiger partial charge >= 0.3 is 0 Å². The summed E-state index contributed by atoms with van der Waals surface area (Å²) in [6, 6.07) is 0. The van der Waals surface area contributed by atoms with Gasteiger partial charge in [-0.1, -0.05) is 13.3 Å². The molecule has 1 aromatic rings. The van der Waals surface area contributed by atoms with Gasteiger partial charge in [-0.05, 0) is 52.2 Å². The average molecular weight is 309 g/mol. The zero-order chi connectivity index (χ0) is 15.1. The first-order valence-electron chi connectivity index (χ1n) is 8.13. The van der Waals surface area contributed by atoms with E-state index in [0.717, 1.165) is 30.1 Å². The van der Waals surface area contributed by atoms with E-state index in [0.29, 0.717) is 13.0 Å². The molecule has 0 aromatic carbocycles. The molecule has 0 saturated carbocycles. The van der Waals surface area contributed by atoms with Crippen LogP contribution in [0.25, 0.3) is 0 Å². The number of hydrogen-bond acceptors (Lipinski definition) is 4. The number of carbonyl (C=O) groups excluding carboxylic acids is 1. The van der Waals surface area contributed by atoms with Crippen LogP contribution in [0.4, 0.5) is 0 Å². The van der Waals surface area contributed by atoms with Gasteiger partial charge in [-0.15, -0.1) is 11.3 Å². The molecule has 0 radical (unpaired) electrons. The second kappa shape index (κ2) is 8.49. The zero-order valence-corrected chi connectivity index (χ0v) is 14.1. The highest BCUT2D eigenvalue weighted by atomic mass is 32.1. The van der Waals surface area contributed by atoms with E-state index in [2.05, 4.69) is 22.1 Å². The van der Waals surface area contributed by atoms with Crippen molar-refractivity contribution in [3.05, 3.63) is 15.6 Å². The van der Waals surface area contributed by atoms with Gasteiger partial charge in [0.15, 0.2) is 0 Å². The minimum Gasteiger partial charge on any atom is -0.351 e. The summed E-state index contributed by atoms with van der Waals surface area (Å²) < 4.78 is 0. The fraction of sp³-hybridized carbons (Fsp3) is 0.750. The molecule has 1 amide bonds. The highest BCUT2D eigenvalue weighted by Gasteiger charge is 2.11. The minimum absolute atomic E-state index is 0.165. The molecule has 1 aliphatic rings. The van der Waals surface area contributed by atoms with E-state index in [-0.39, 0.29) is 5.91 Å². The summed E-state index contributed by atoms with van der Waals surface area (Å²) in [6.45, 7) is 8.25. The molecule has 1 aliphatic heterocycles. The Bertz CT molecular complexity index is 452. The number of thiazole rings is 1. The van der Waals surface area contributed by atoms with Crippen LogP contribution in [0.5, 0.6) is 0 Å². The lowest BCUT2D eigenvalue weighted by Gasteiger charge is -2.26. The van der Waals surface area contributed by atoms with Crippen LogP contribution in [-0.2, 0) is 17.8 Å². The number of aromatic nitrogens is 1. The molecule has 1 aromatic heterocycles. The predicted octanol–water partition coefficient (Wildman–Crippen LogP) is 2.90. The predicted molar refractivity (Wildman–Crippen MR) is 87.6 cm³/mol. The second-order valence-electron chi connectivity index (χ2n) is 5.75. The van der Waals surface area contributed by atoms with Crippen LogP contribution in [0.3, 0.4) is 0 Å². The Balaban J connectivity index is 1.63. The number of hydrogen-bond donors (Lipinski definition) is 1. The lowest BCUT2D eigenvalue weighted by atomic mass is 10.1. The van der Waals surface area contributed by atoms with Gasteiger partial charge in [0.05, 0.1) is 17.2 Å². The van der Waals surface area contributed by atoms with Crippen LogP contribution in [-0.4, -0.2) is 35.4 Å². The molecule has 4 nitrogen and oxygen atoms in total. The van der Waals surface area contributed by atoms with Crippen molar-refractivity contribution < 1.29 is 4.79 Å². The summed E-state index contributed by atoms with van der Waals surface area (Å²) in [4.78, 5) is 20.1. The molecule has 0 unspecified atom stereocenters. The molecule has 0 aliphatic carbocycles. The van der Waals surface area contributed by atoms with Gasteiger partial charge in [0.1, 0.15) is 0 Å². The van der Waals surface area contributed by atoms with Crippen LogP contribution in [0.1, 0.15) is 54.6 Å². The first-order chi connectivity index (χ1) is 10.2. The number of rotatable bonds is 7. The fourth-order valence-corrected chi connectivity index (χ4v) is 3.67. The molecule has 21 heavy (non-hydrogen) atoms. The van der Waals surface area contributed by atoms with Gasteiger partial charge in [-0.3, -0.25) is 4.79 Å². The van der Waals surface area contributed by atoms with E-state index in [1.54, 1.807) is 11.3 Å². The lowest BCUT2D eigenvalue weighted by molar-refractivity contribution is -0.121. The third kappa shape index (κ3) is 5.40. The minimum atomic E-state index is 0.165. The Hall–Kier alpha value is -0.940. The topological polar surface area (TPSA) is 45.2 Å². The molecular weight excluding hydrogens is 282 g/mol. The van der Waals surface area contributed by atoms with E-state index >= 15 is 0 Å². The van der Waals surface area contributed by atoms with E-state index in [9.17, 15) is 4.79 Å². The molecule has 5 heteroatoms. The van der Waals surface area contributed by atoms with Gasteiger partial charge in [0.25, 0.3) is 0 Å². The number of nitrogens with zero attached hydrogens (tertiary/aromatic N) is 2. The van der Waals surface area contributed by atoms with Crippen LogP contribution in [0.15, 0.2) is 0 Å². The summed E-state index contributed by atoms with van der Waals surface area (Å²) in [5.41, 5.74) is 1.06. The normalized spacial score (nSPS) is 16.1. The van der Waals surface area contributed by atoms with Gasteiger partial charge in [-0.25, -0.2) is 4.98 Å². The van der Waals surface area contributed by atoms with E-state index in [1.807, 2.05) is 6.92 Å². The monoisotopic (exact) mass is 309 g/mol. The maximum atomic E-state index is 11.9. The number of aryl methyl sites for hydroxylation is 2. The highest BCUT2D eigenvalue weighted by molar-refractivity contribution is 7.11. The largest absolute Gasteiger partial charge is 0.351 e.